The Morgan fingerprint density at radius 1 is 1.27 bits per heavy atom. The molecular formula is C14H10BrF4NO2. The van der Waals surface area contributed by atoms with Crippen LogP contribution in [-0.4, -0.2) is 23.5 Å². The zero-order valence-corrected chi connectivity index (χ0v) is 12.6. The fourth-order valence-corrected chi connectivity index (χ4v) is 2.25. The highest BCUT2D eigenvalue weighted by Crippen LogP contribution is 2.24. The van der Waals surface area contributed by atoms with E-state index in [0.29, 0.717) is 4.90 Å². The van der Waals surface area contributed by atoms with Crippen molar-refractivity contribution in [3.63, 3.8) is 0 Å². The summed E-state index contributed by atoms with van der Waals surface area (Å²) in [6.07, 6.45) is -3.29. The Hall–Kier alpha value is -1.83. The summed E-state index contributed by atoms with van der Waals surface area (Å²) in [6.45, 7) is -1.83. The molecule has 0 aliphatic heterocycles. The first-order chi connectivity index (χ1) is 10.3. The molecule has 1 aromatic carbocycles. The largest absolute Gasteiger partial charge is 0.467 e. The number of amides is 1. The normalized spacial score (nSPS) is 11.5. The number of carbonyl (C=O) groups excluding carboxylic acids is 1. The highest BCUT2D eigenvalue weighted by molar-refractivity contribution is 9.10. The standard InChI is InChI=1S/C14H10BrF4NO2/c15-12-4-3-9(16)6-11(12)13(21)20(8-14(17,18)19)7-10-2-1-5-22-10/h1-6H,7-8H2. The second-order valence-electron chi connectivity index (χ2n) is 4.48. The van der Waals surface area contributed by atoms with E-state index in [-0.39, 0.29) is 22.3 Å². The highest BCUT2D eigenvalue weighted by atomic mass is 79.9. The van der Waals surface area contributed by atoms with Gasteiger partial charge in [-0.25, -0.2) is 4.39 Å². The van der Waals surface area contributed by atoms with Gasteiger partial charge in [-0.15, -0.1) is 0 Å². The maximum atomic E-state index is 13.3. The van der Waals surface area contributed by atoms with Gasteiger partial charge in [0.15, 0.2) is 0 Å². The van der Waals surface area contributed by atoms with E-state index in [1.54, 1.807) is 0 Å². The first-order valence-electron chi connectivity index (χ1n) is 6.10. The number of nitrogens with zero attached hydrogens (tertiary/aromatic N) is 1. The number of benzene rings is 1. The molecule has 0 N–H and O–H groups in total. The van der Waals surface area contributed by atoms with E-state index in [1.165, 1.54) is 24.5 Å². The molecule has 0 bridgehead atoms. The van der Waals surface area contributed by atoms with Crippen molar-refractivity contribution in [2.45, 2.75) is 12.7 Å². The molecule has 22 heavy (non-hydrogen) atoms. The van der Waals surface area contributed by atoms with Crippen LogP contribution in [0.4, 0.5) is 17.6 Å². The Morgan fingerprint density at radius 3 is 2.59 bits per heavy atom. The van der Waals surface area contributed by atoms with Gasteiger partial charge in [-0.2, -0.15) is 13.2 Å². The Bertz CT molecular complexity index is 655. The Morgan fingerprint density at radius 2 is 2.00 bits per heavy atom. The molecule has 0 aliphatic carbocycles. The minimum Gasteiger partial charge on any atom is -0.467 e. The lowest BCUT2D eigenvalue weighted by Gasteiger charge is -2.23. The molecule has 2 rings (SSSR count). The van der Waals surface area contributed by atoms with Gasteiger partial charge in [0.2, 0.25) is 0 Å². The third kappa shape index (κ3) is 4.33. The molecule has 0 spiro atoms. The molecule has 1 heterocycles. The first kappa shape index (κ1) is 16.5. The lowest BCUT2D eigenvalue weighted by atomic mass is 10.2. The van der Waals surface area contributed by atoms with E-state index in [9.17, 15) is 22.4 Å². The monoisotopic (exact) mass is 379 g/mol. The van der Waals surface area contributed by atoms with E-state index < -0.39 is 24.4 Å². The van der Waals surface area contributed by atoms with Gasteiger partial charge in [0, 0.05) is 4.47 Å². The molecule has 0 radical (unpaired) electrons. The Kier molecular flexibility index (Phi) is 4.90. The lowest BCUT2D eigenvalue weighted by Crippen LogP contribution is -2.38. The van der Waals surface area contributed by atoms with Gasteiger partial charge in [-0.1, -0.05) is 0 Å². The summed E-state index contributed by atoms with van der Waals surface area (Å²) in [5.41, 5.74) is -0.184. The average Bonchev–Trinajstić information content (AvgIpc) is 2.91. The van der Waals surface area contributed by atoms with Crippen molar-refractivity contribution in [3.8, 4) is 0 Å². The molecule has 1 aromatic heterocycles. The van der Waals surface area contributed by atoms with Crippen LogP contribution in [0.5, 0.6) is 0 Å². The van der Waals surface area contributed by atoms with E-state index >= 15 is 0 Å². The summed E-state index contributed by atoms with van der Waals surface area (Å²) in [5, 5.41) is 0. The molecule has 0 saturated carbocycles. The number of alkyl halides is 3. The Balaban J connectivity index is 2.30. The molecule has 118 valence electrons. The summed E-state index contributed by atoms with van der Waals surface area (Å²) in [7, 11) is 0. The Labute approximate surface area is 131 Å². The summed E-state index contributed by atoms with van der Waals surface area (Å²) in [4.78, 5) is 12.9. The second kappa shape index (κ2) is 6.51. The minimum absolute atomic E-state index is 0.184. The van der Waals surface area contributed by atoms with E-state index in [1.807, 2.05) is 0 Å². The number of hydrogen-bond acceptors (Lipinski definition) is 2. The van der Waals surface area contributed by atoms with E-state index in [4.69, 9.17) is 4.42 Å². The maximum absolute atomic E-state index is 13.3. The molecular weight excluding hydrogens is 370 g/mol. The molecule has 0 aliphatic rings. The average molecular weight is 380 g/mol. The summed E-state index contributed by atoms with van der Waals surface area (Å²) in [5.74, 6) is -1.46. The van der Waals surface area contributed by atoms with Gasteiger partial charge in [0.25, 0.3) is 5.91 Å². The van der Waals surface area contributed by atoms with Crippen molar-refractivity contribution < 1.29 is 26.8 Å². The second-order valence-corrected chi connectivity index (χ2v) is 5.33. The predicted octanol–water partition coefficient (Wildman–Crippen LogP) is 4.39. The molecule has 8 heteroatoms. The first-order valence-corrected chi connectivity index (χ1v) is 6.89. The van der Waals surface area contributed by atoms with Crippen LogP contribution in [-0.2, 0) is 6.54 Å². The van der Waals surface area contributed by atoms with Crippen LogP contribution >= 0.6 is 15.9 Å². The fraction of sp³-hybridized carbons (Fsp3) is 0.214. The van der Waals surface area contributed by atoms with Gasteiger partial charge in [0.1, 0.15) is 18.1 Å². The zero-order valence-electron chi connectivity index (χ0n) is 11.0. The van der Waals surface area contributed by atoms with Crippen molar-refractivity contribution in [2.75, 3.05) is 6.54 Å². The van der Waals surface area contributed by atoms with Gasteiger partial charge in [-0.05, 0) is 46.3 Å². The summed E-state index contributed by atoms with van der Waals surface area (Å²) < 4.78 is 56.5. The fourth-order valence-electron chi connectivity index (χ4n) is 1.84. The molecule has 0 atom stereocenters. The molecule has 3 nitrogen and oxygen atoms in total. The van der Waals surface area contributed by atoms with Crippen LogP contribution in [0.3, 0.4) is 0 Å². The predicted molar refractivity (Wildman–Crippen MR) is 73.6 cm³/mol. The third-order valence-electron chi connectivity index (χ3n) is 2.74. The van der Waals surface area contributed by atoms with Crippen molar-refractivity contribution in [2.24, 2.45) is 0 Å². The van der Waals surface area contributed by atoms with Crippen LogP contribution in [0, 0.1) is 5.82 Å². The molecule has 0 saturated heterocycles. The van der Waals surface area contributed by atoms with Crippen molar-refractivity contribution in [1.82, 2.24) is 4.90 Å². The van der Waals surface area contributed by atoms with Crippen LogP contribution in [0.15, 0.2) is 45.5 Å². The number of halogens is 5. The smallest absolute Gasteiger partial charge is 0.406 e. The van der Waals surface area contributed by atoms with Gasteiger partial charge >= 0.3 is 6.18 Å². The molecule has 1 amide bonds. The molecule has 0 fully saturated rings. The van der Waals surface area contributed by atoms with Gasteiger partial charge < -0.3 is 9.32 Å². The number of rotatable bonds is 4. The van der Waals surface area contributed by atoms with Crippen molar-refractivity contribution >= 4 is 21.8 Å². The zero-order chi connectivity index (χ0) is 16.3. The van der Waals surface area contributed by atoms with Gasteiger partial charge in [0.05, 0.1) is 18.4 Å². The van der Waals surface area contributed by atoms with E-state index in [0.717, 1.165) is 12.1 Å². The minimum atomic E-state index is -4.58. The van der Waals surface area contributed by atoms with Crippen LogP contribution in [0.1, 0.15) is 16.1 Å². The van der Waals surface area contributed by atoms with Crippen molar-refractivity contribution in [1.29, 1.82) is 0 Å². The molecule has 2 aromatic rings. The maximum Gasteiger partial charge on any atom is 0.406 e. The van der Waals surface area contributed by atoms with Crippen molar-refractivity contribution in [3.05, 3.63) is 58.2 Å². The third-order valence-corrected chi connectivity index (χ3v) is 3.43. The van der Waals surface area contributed by atoms with Crippen LogP contribution < -0.4 is 0 Å². The van der Waals surface area contributed by atoms with Crippen LogP contribution in [0.2, 0.25) is 0 Å². The lowest BCUT2D eigenvalue weighted by molar-refractivity contribution is -0.142. The van der Waals surface area contributed by atoms with E-state index in [2.05, 4.69) is 15.9 Å². The number of furan rings is 1. The highest BCUT2D eigenvalue weighted by Gasteiger charge is 2.34. The van der Waals surface area contributed by atoms with Gasteiger partial charge in [-0.3, -0.25) is 4.79 Å². The summed E-state index contributed by atoms with van der Waals surface area (Å²) in [6, 6.07) is 6.21. The number of hydrogen-bond donors (Lipinski definition) is 0. The van der Waals surface area contributed by atoms with Crippen LogP contribution in [0.25, 0.3) is 0 Å². The number of carbonyl (C=O) groups is 1. The quantitative estimate of drug-likeness (QED) is 0.738. The molecule has 0 unspecified atom stereocenters. The topological polar surface area (TPSA) is 33.5 Å². The summed E-state index contributed by atoms with van der Waals surface area (Å²) >= 11 is 3.04. The SMILES string of the molecule is O=C(c1cc(F)ccc1Br)N(Cc1ccco1)CC(F)(F)F.